The van der Waals surface area contributed by atoms with Gasteiger partial charge in [-0.1, -0.05) is 35.0 Å². The van der Waals surface area contributed by atoms with Crippen LogP contribution in [0.4, 0.5) is 0 Å². The molecular formula is C15H24BrN3. The van der Waals surface area contributed by atoms with Crippen LogP contribution < -0.4 is 5.73 Å². The maximum absolute atomic E-state index is 5.67. The highest BCUT2D eigenvalue weighted by atomic mass is 79.9. The van der Waals surface area contributed by atoms with Crippen LogP contribution in [0.15, 0.2) is 22.7 Å². The van der Waals surface area contributed by atoms with Gasteiger partial charge in [0.1, 0.15) is 0 Å². The summed E-state index contributed by atoms with van der Waals surface area (Å²) in [6.07, 6.45) is 0. The molecule has 0 spiro atoms. The number of nitrogens with zero attached hydrogens (tertiary/aromatic N) is 2. The molecule has 1 aliphatic heterocycles. The van der Waals surface area contributed by atoms with Crippen LogP contribution in [0.3, 0.4) is 0 Å². The second-order valence-electron chi connectivity index (χ2n) is 5.34. The summed E-state index contributed by atoms with van der Waals surface area (Å²) < 4.78 is 1.18. The molecule has 1 aromatic rings. The number of hydrogen-bond acceptors (Lipinski definition) is 3. The lowest BCUT2D eigenvalue weighted by atomic mass is 10.1. The van der Waals surface area contributed by atoms with Gasteiger partial charge in [-0.15, -0.1) is 0 Å². The molecule has 1 saturated heterocycles. The van der Waals surface area contributed by atoms with Gasteiger partial charge in [0, 0.05) is 43.2 Å². The molecule has 0 bridgehead atoms. The zero-order valence-corrected chi connectivity index (χ0v) is 13.5. The predicted octanol–water partition coefficient (Wildman–Crippen LogP) is 2.43. The third-order valence-electron chi connectivity index (χ3n) is 4.00. The van der Waals surface area contributed by atoms with Gasteiger partial charge >= 0.3 is 0 Å². The third-order valence-corrected chi connectivity index (χ3v) is 4.74. The first-order valence-electron chi connectivity index (χ1n) is 7.07. The van der Waals surface area contributed by atoms with E-state index in [1.54, 1.807) is 0 Å². The van der Waals surface area contributed by atoms with Crippen LogP contribution in [0.5, 0.6) is 0 Å². The molecular weight excluding hydrogens is 302 g/mol. The first kappa shape index (κ1) is 15.0. The first-order chi connectivity index (χ1) is 9.13. The van der Waals surface area contributed by atoms with Crippen molar-refractivity contribution in [1.29, 1.82) is 0 Å². The summed E-state index contributed by atoms with van der Waals surface area (Å²) in [7, 11) is 0. The van der Waals surface area contributed by atoms with Gasteiger partial charge in [-0.25, -0.2) is 0 Å². The molecule has 1 aromatic carbocycles. The molecule has 0 amide bonds. The minimum atomic E-state index is 0.602. The van der Waals surface area contributed by atoms with Crippen molar-refractivity contribution in [3.63, 3.8) is 0 Å². The molecule has 0 saturated carbocycles. The van der Waals surface area contributed by atoms with Gasteiger partial charge in [0.2, 0.25) is 0 Å². The van der Waals surface area contributed by atoms with Gasteiger partial charge in [0.15, 0.2) is 0 Å². The van der Waals surface area contributed by atoms with Gasteiger partial charge in [0.05, 0.1) is 0 Å². The molecule has 0 aliphatic carbocycles. The normalized spacial score (nSPS) is 21.8. The first-order valence-corrected chi connectivity index (χ1v) is 7.87. The predicted molar refractivity (Wildman–Crippen MR) is 84.0 cm³/mol. The standard InChI is InChI=1S/C15H24BrN3/c1-3-19-7-6-18(10-12(19)2)11-14-5-4-13(9-17)8-15(14)16/h4-5,8,12H,3,6-7,9-11,17H2,1-2H3. The van der Waals surface area contributed by atoms with E-state index in [1.807, 2.05) is 0 Å². The lowest BCUT2D eigenvalue weighted by molar-refractivity contribution is 0.0833. The minimum absolute atomic E-state index is 0.602. The SMILES string of the molecule is CCN1CCN(Cc2ccc(CN)cc2Br)CC1C. The molecule has 1 fully saturated rings. The van der Waals surface area contributed by atoms with Gasteiger partial charge in [-0.3, -0.25) is 9.80 Å². The molecule has 106 valence electrons. The van der Waals surface area contributed by atoms with Crippen LogP contribution >= 0.6 is 15.9 Å². The molecule has 1 heterocycles. The third kappa shape index (κ3) is 3.78. The van der Waals surface area contributed by atoms with Crippen LogP contribution in [0.1, 0.15) is 25.0 Å². The van der Waals surface area contributed by atoms with Crippen molar-refractivity contribution < 1.29 is 0 Å². The van der Waals surface area contributed by atoms with Crippen LogP contribution in [0.2, 0.25) is 0 Å². The Balaban J connectivity index is 1.98. The number of nitrogens with two attached hydrogens (primary N) is 1. The summed E-state index contributed by atoms with van der Waals surface area (Å²) in [6.45, 7) is 10.8. The zero-order chi connectivity index (χ0) is 13.8. The molecule has 1 atom stereocenters. The van der Waals surface area contributed by atoms with Crippen molar-refractivity contribution in [2.24, 2.45) is 5.73 Å². The highest BCUT2D eigenvalue weighted by Crippen LogP contribution is 2.21. The Morgan fingerprint density at radius 1 is 1.37 bits per heavy atom. The van der Waals surface area contributed by atoms with Crippen molar-refractivity contribution in [1.82, 2.24) is 9.80 Å². The average Bonchev–Trinajstić information content (AvgIpc) is 2.41. The van der Waals surface area contributed by atoms with E-state index in [1.165, 1.54) is 22.1 Å². The van der Waals surface area contributed by atoms with E-state index in [0.717, 1.165) is 26.2 Å². The zero-order valence-electron chi connectivity index (χ0n) is 11.9. The smallest absolute Gasteiger partial charge is 0.0246 e. The maximum Gasteiger partial charge on any atom is 0.0246 e. The van der Waals surface area contributed by atoms with E-state index >= 15 is 0 Å². The Hall–Kier alpha value is -0.420. The maximum atomic E-state index is 5.67. The largest absolute Gasteiger partial charge is 0.326 e. The van der Waals surface area contributed by atoms with Gasteiger partial charge in [-0.2, -0.15) is 0 Å². The summed E-state index contributed by atoms with van der Waals surface area (Å²) in [4.78, 5) is 5.09. The number of rotatable bonds is 4. The van der Waals surface area contributed by atoms with Crippen LogP contribution in [-0.2, 0) is 13.1 Å². The van der Waals surface area contributed by atoms with E-state index in [4.69, 9.17) is 5.73 Å². The minimum Gasteiger partial charge on any atom is -0.326 e. The Morgan fingerprint density at radius 3 is 2.74 bits per heavy atom. The number of benzene rings is 1. The molecule has 1 unspecified atom stereocenters. The quantitative estimate of drug-likeness (QED) is 0.922. The molecule has 0 aromatic heterocycles. The average molecular weight is 326 g/mol. The van der Waals surface area contributed by atoms with E-state index in [2.05, 4.69) is 57.8 Å². The summed E-state index contributed by atoms with van der Waals surface area (Å²) >= 11 is 3.66. The highest BCUT2D eigenvalue weighted by Gasteiger charge is 2.22. The van der Waals surface area contributed by atoms with Gasteiger partial charge < -0.3 is 5.73 Å². The number of likely N-dealkylation sites (N-methyl/N-ethyl adjacent to an activating group) is 1. The number of hydrogen-bond donors (Lipinski definition) is 1. The second kappa shape index (κ2) is 6.84. The Bertz CT molecular complexity index is 422. The summed E-state index contributed by atoms with van der Waals surface area (Å²) in [5.41, 5.74) is 8.20. The fourth-order valence-electron chi connectivity index (χ4n) is 2.77. The summed E-state index contributed by atoms with van der Waals surface area (Å²) in [5.74, 6) is 0. The van der Waals surface area contributed by atoms with E-state index in [-0.39, 0.29) is 0 Å². The van der Waals surface area contributed by atoms with Gasteiger partial charge in [0.25, 0.3) is 0 Å². The second-order valence-corrected chi connectivity index (χ2v) is 6.20. The molecule has 2 N–H and O–H groups in total. The Morgan fingerprint density at radius 2 is 2.16 bits per heavy atom. The fraction of sp³-hybridized carbons (Fsp3) is 0.600. The monoisotopic (exact) mass is 325 g/mol. The number of halogens is 1. The molecule has 4 heteroatoms. The molecule has 1 aliphatic rings. The van der Waals surface area contributed by atoms with Crippen molar-refractivity contribution >= 4 is 15.9 Å². The molecule has 3 nitrogen and oxygen atoms in total. The Labute approximate surface area is 124 Å². The van der Waals surface area contributed by atoms with Crippen molar-refractivity contribution in [3.05, 3.63) is 33.8 Å². The topological polar surface area (TPSA) is 32.5 Å². The summed E-state index contributed by atoms with van der Waals surface area (Å²) in [5, 5.41) is 0. The van der Waals surface area contributed by atoms with E-state index in [9.17, 15) is 0 Å². The highest BCUT2D eigenvalue weighted by molar-refractivity contribution is 9.10. The van der Waals surface area contributed by atoms with E-state index < -0.39 is 0 Å². The Kier molecular flexibility index (Phi) is 5.39. The lowest BCUT2D eigenvalue weighted by Crippen LogP contribution is -2.51. The van der Waals surface area contributed by atoms with Crippen LogP contribution in [0.25, 0.3) is 0 Å². The van der Waals surface area contributed by atoms with Crippen molar-refractivity contribution in [2.45, 2.75) is 33.0 Å². The van der Waals surface area contributed by atoms with E-state index in [0.29, 0.717) is 12.6 Å². The fourth-order valence-corrected chi connectivity index (χ4v) is 3.32. The van der Waals surface area contributed by atoms with Crippen molar-refractivity contribution in [3.8, 4) is 0 Å². The van der Waals surface area contributed by atoms with Crippen molar-refractivity contribution in [2.75, 3.05) is 26.2 Å². The molecule has 0 radical (unpaired) electrons. The number of piperazine rings is 1. The van der Waals surface area contributed by atoms with Crippen LogP contribution in [-0.4, -0.2) is 42.0 Å². The summed E-state index contributed by atoms with van der Waals surface area (Å²) in [6, 6.07) is 7.12. The lowest BCUT2D eigenvalue weighted by Gasteiger charge is -2.39. The van der Waals surface area contributed by atoms with Gasteiger partial charge in [-0.05, 0) is 30.7 Å². The molecule has 19 heavy (non-hydrogen) atoms. The van der Waals surface area contributed by atoms with Crippen LogP contribution in [0, 0.1) is 0 Å². The molecule has 2 rings (SSSR count).